The van der Waals surface area contributed by atoms with Crippen molar-refractivity contribution in [3.8, 4) is 0 Å². The standard InChI is InChI=1S/C11H19F4N/c1-4-11(14,15)9-7-10(12,13)5-6-16(9)8(2)3/h8-9H,4-7H2,1-3H3. The lowest BCUT2D eigenvalue weighted by atomic mass is 9.91. The van der Waals surface area contributed by atoms with E-state index in [0.29, 0.717) is 0 Å². The second-order valence-electron chi connectivity index (χ2n) is 4.77. The van der Waals surface area contributed by atoms with Gasteiger partial charge in [-0.1, -0.05) is 6.92 Å². The van der Waals surface area contributed by atoms with Gasteiger partial charge in [-0.15, -0.1) is 0 Å². The van der Waals surface area contributed by atoms with Gasteiger partial charge in [0.15, 0.2) is 0 Å². The van der Waals surface area contributed by atoms with Gasteiger partial charge in [0.05, 0.1) is 6.04 Å². The van der Waals surface area contributed by atoms with Crippen LogP contribution in [0.2, 0.25) is 0 Å². The summed E-state index contributed by atoms with van der Waals surface area (Å²) in [6, 6.07) is -1.46. The molecular formula is C11H19F4N. The summed E-state index contributed by atoms with van der Waals surface area (Å²) in [4.78, 5) is 1.50. The molecule has 16 heavy (non-hydrogen) atoms. The van der Waals surface area contributed by atoms with Gasteiger partial charge in [0.25, 0.3) is 11.8 Å². The van der Waals surface area contributed by atoms with Crippen molar-refractivity contribution in [1.82, 2.24) is 4.90 Å². The molecule has 0 aliphatic carbocycles. The van der Waals surface area contributed by atoms with Crippen LogP contribution in [0.1, 0.15) is 40.0 Å². The Balaban J connectivity index is 2.88. The molecule has 0 aromatic carbocycles. The number of halogens is 4. The van der Waals surface area contributed by atoms with E-state index in [1.54, 1.807) is 13.8 Å². The molecule has 0 spiro atoms. The Labute approximate surface area is 93.8 Å². The zero-order valence-electron chi connectivity index (χ0n) is 9.94. The molecule has 1 nitrogen and oxygen atoms in total. The molecule has 0 N–H and O–H groups in total. The van der Waals surface area contributed by atoms with Gasteiger partial charge in [0.2, 0.25) is 0 Å². The van der Waals surface area contributed by atoms with Crippen LogP contribution >= 0.6 is 0 Å². The average Bonchev–Trinajstić information content (AvgIpc) is 2.15. The number of hydrogen-bond donors (Lipinski definition) is 0. The van der Waals surface area contributed by atoms with E-state index in [2.05, 4.69) is 0 Å². The summed E-state index contributed by atoms with van der Waals surface area (Å²) < 4.78 is 53.6. The Morgan fingerprint density at radius 3 is 2.38 bits per heavy atom. The molecule has 1 aliphatic heterocycles. The fourth-order valence-electron chi connectivity index (χ4n) is 2.20. The van der Waals surface area contributed by atoms with Crippen molar-refractivity contribution < 1.29 is 17.6 Å². The highest BCUT2D eigenvalue weighted by Gasteiger charge is 2.51. The Kier molecular flexibility index (Phi) is 3.87. The first-order valence-corrected chi connectivity index (χ1v) is 5.71. The first-order valence-electron chi connectivity index (χ1n) is 5.71. The van der Waals surface area contributed by atoms with Gasteiger partial charge in [-0.2, -0.15) is 0 Å². The molecule has 0 amide bonds. The molecule has 1 saturated heterocycles. The van der Waals surface area contributed by atoms with E-state index in [1.165, 1.54) is 11.8 Å². The van der Waals surface area contributed by atoms with E-state index in [1.807, 2.05) is 0 Å². The molecule has 0 bridgehead atoms. The topological polar surface area (TPSA) is 3.24 Å². The largest absolute Gasteiger partial charge is 0.292 e. The molecule has 1 heterocycles. The predicted molar refractivity (Wildman–Crippen MR) is 55.0 cm³/mol. The van der Waals surface area contributed by atoms with Crippen LogP contribution in [-0.4, -0.2) is 35.4 Å². The second-order valence-corrected chi connectivity index (χ2v) is 4.77. The number of nitrogens with zero attached hydrogens (tertiary/aromatic N) is 1. The molecular weight excluding hydrogens is 222 g/mol. The minimum Gasteiger partial charge on any atom is -0.292 e. The molecule has 0 saturated carbocycles. The van der Waals surface area contributed by atoms with Crippen LogP contribution in [0.5, 0.6) is 0 Å². The summed E-state index contributed by atoms with van der Waals surface area (Å²) >= 11 is 0. The predicted octanol–water partition coefficient (Wildman–Crippen LogP) is 3.54. The highest BCUT2D eigenvalue weighted by molar-refractivity contribution is 4.94. The van der Waals surface area contributed by atoms with Gasteiger partial charge in [-0.05, 0) is 13.8 Å². The minimum absolute atomic E-state index is 0.0466. The molecule has 1 unspecified atom stereocenters. The smallest absolute Gasteiger partial charge is 0.263 e. The van der Waals surface area contributed by atoms with Crippen molar-refractivity contribution in [3.05, 3.63) is 0 Å². The molecule has 96 valence electrons. The van der Waals surface area contributed by atoms with Gasteiger partial charge < -0.3 is 0 Å². The highest BCUT2D eigenvalue weighted by atomic mass is 19.3. The molecule has 1 aliphatic rings. The van der Waals surface area contributed by atoms with Crippen LogP contribution in [0.15, 0.2) is 0 Å². The first kappa shape index (κ1) is 13.7. The van der Waals surface area contributed by atoms with Gasteiger partial charge in [-0.25, -0.2) is 17.6 Å². The summed E-state index contributed by atoms with van der Waals surface area (Å²) in [5, 5.41) is 0. The third-order valence-electron chi connectivity index (χ3n) is 3.25. The lowest BCUT2D eigenvalue weighted by Gasteiger charge is -2.44. The molecule has 1 atom stereocenters. The summed E-state index contributed by atoms with van der Waals surface area (Å²) in [5.74, 6) is -5.98. The Morgan fingerprint density at radius 2 is 1.94 bits per heavy atom. The Morgan fingerprint density at radius 1 is 1.38 bits per heavy atom. The number of piperidine rings is 1. The SMILES string of the molecule is CCC(F)(F)C1CC(F)(F)CCN1C(C)C. The van der Waals surface area contributed by atoms with E-state index < -0.39 is 30.7 Å². The first-order chi connectivity index (χ1) is 7.19. The molecule has 1 rings (SSSR count). The average molecular weight is 241 g/mol. The van der Waals surface area contributed by atoms with Crippen molar-refractivity contribution in [2.75, 3.05) is 6.54 Å². The Hall–Kier alpha value is -0.320. The van der Waals surface area contributed by atoms with Crippen LogP contribution in [0.25, 0.3) is 0 Å². The Bertz CT molecular complexity index is 240. The second kappa shape index (κ2) is 4.51. The zero-order valence-corrected chi connectivity index (χ0v) is 9.94. The van der Waals surface area contributed by atoms with E-state index >= 15 is 0 Å². The van der Waals surface area contributed by atoms with Gasteiger partial charge in [0.1, 0.15) is 0 Å². The minimum atomic E-state index is -3.03. The van der Waals surface area contributed by atoms with Crippen molar-refractivity contribution >= 4 is 0 Å². The number of hydrogen-bond acceptors (Lipinski definition) is 1. The van der Waals surface area contributed by atoms with Crippen LogP contribution in [0.3, 0.4) is 0 Å². The lowest BCUT2D eigenvalue weighted by Crippen LogP contribution is -2.57. The van der Waals surface area contributed by atoms with E-state index in [9.17, 15) is 17.6 Å². The van der Waals surface area contributed by atoms with E-state index in [0.717, 1.165) is 0 Å². The van der Waals surface area contributed by atoms with Crippen molar-refractivity contribution in [2.24, 2.45) is 0 Å². The number of likely N-dealkylation sites (tertiary alicyclic amines) is 1. The molecule has 0 aromatic rings. The van der Waals surface area contributed by atoms with Crippen molar-refractivity contribution in [1.29, 1.82) is 0 Å². The van der Waals surface area contributed by atoms with Crippen LogP contribution in [0, 0.1) is 0 Å². The third kappa shape index (κ3) is 2.87. The summed E-state index contributed by atoms with van der Waals surface area (Å²) in [6.45, 7) is 4.92. The summed E-state index contributed by atoms with van der Waals surface area (Å²) in [5.41, 5.74) is 0. The van der Waals surface area contributed by atoms with Crippen LogP contribution in [0.4, 0.5) is 17.6 Å². The normalized spacial score (nSPS) is 27.4. The van der Waals surface area contributed by atoms with Crippen LogP contribution in [-0.2, 0) is 0 Å². The van der Waals surface area contributed by atoms with E-state index in [4.69, 9.17) is 0 Å². The summed E-state index contributed by atoms with van der Waals surface area (Å²) in [6.07, 6.45) is -1.44. The zero-order chi connectivity index (χ0) is 12.6. The van der Waals surface area contributed by atoms with E-state index in [-0.39, 0.29) is 19.0 Å². The number of alkyl halides is 4. The van der Waals surface area contributed by atoms with Crippen LogP contribution < -0.4 is 0 Å². The molecule has 5 heteroatoms. The van der Waals surface area contributed by atoms with Gasteiger partial charge >= 0.3 is 0 Å². The quantitative estimate of drug-likeness (QED) is 0.683. The van der Waals surface area contributed by atoms with Gasteiger partial charge in [0, 0.05) is 31.8 Å². The fraction of sp³-hybridized carbons (Fsp3) is 1.00. The third-order valence-corrected chi connectivity index (χ3v) is 3.25. The molecule has 1 fully saturated rings. The highest BCUT2D eigenvalue weighted by Crippen LogP contribution is 2.40. The fourth-order valence-corrected chi connectivity index (χ4v) is 2.20. The van der Waals surface area contributed by atoms with Crippen molar-refractivity contribution in [2.45, 2.75) is 64.0 Å². The van der Waals surface area contributed by atoms with Crippen molar-refractivity contribution in [3.63, 3.8) is 0 Å². The number of rotatable bonds is 3. The lowest BCUT2D eigenvalue weighted by molar-refractivity contribution is -0.162. The monoisotopic (exact) mass is 241 g/mol. The summed E-state index contributed by atoms with van der Waals surface area (Å²) in [7, 11) is 0. The molecule has 0 aromatic heterocycles. The molecule has 0 radical (unpaired) electrons. The maximum absolute atomic E-state index is 13.6. The maximum atomic E-state index is 13.6. The van der Waals surface area contributed by atoms with Gasteiger partial charge in [-0.3, -0.25) is 4.90 Å². The maximum Gasteiger partial charge on any atom is 0.263 e.